The molecule has 0 bridgehead atoms. The van der Waals surface area contributed by atoms with Crippen LogP contribution in [0.5, 0.6) is 0 Å². The lowest BCUT2D eigenvalue weighted by molar-refractivity contribution is 0.148. The van der Waals surface area contributed by atoms with Crippen molar-refractivity contribution in [2.24, 2.45) is 5.41 Å². The zero-order valence-electron chi connectivity index (χ0n) is 17.4. The van der Waals surface area contributed by atoms with E-state index in [1.807, 2.05) is 7.11 Å². The molecular formula is C19H44N2OSi. The summed E-state index contributed by atoms with van der Waals surface area (Å²) in [5.74, 6) is 0. The fourth-order valence-electron chi connectivity index (χ4n) is 4.12. The summed E-state index contributed by atoms with van der Waals surface area (Å²) in [6.45, 7) is 9.34. The van der Waals surface area contributed by atoms with Crippen molar-refractivity contribution in [1.29, 1.82) is 0 Å². The van der Waals surface area contributed by atoms with Gasteiger partial charge in [0, 0.05) is 20.2 Å². The van der Waals surface area contributed by atoms with E-state index < -0.39 is 8.32 Å². The van der Waals surface area contributed by atoms with Gasteiger partial charge in [0.05, 0.1) is 0 Å². The van der Waals surface area contributed by atoms with Crippen molar-refractivity contribution in [2.45, 2.75) is 71.0 Å². The fourth-order valence-corrected chi connectivity index (χ4v) is 8.27. The highest BCUT2D eigenvalue weighted by Crippen LogP contribution is 2.38. The Kier molecular flexibility index (Phi) is 11.7. The van der Waals surface area contributed by atoms with Crippen LogP contribution < -0.4 is 0 Å². The molecule has 0 aromatic heterocycles. The minimum atomic E-state index is -1.64. The first-order valence-corrected chi connectivity index (χ1v) is 12.2. The lowest BCUT2D eigenvalue weighted by Crippen LogP contribution is -2.49. The minimum Gasteiger partial charge on any atom is -0.420 e. The summed E-state index contributed by atoms with van der Waals surface area (Å²) in [5, 5.41) is 0. The molecule has 3 nitrogen and oxygen atoms in total. The molecule has 0 heterocycles. The number of nitrogens with zero attached hydrogens (tertiary/aromatic N) is 2. The highest BCUT2D eigenvalue weighted by molar-refractivity contribution is 6.73. The van der Waals surface area contributed by atoms with Crippen molar-refractivity contribution >= 4 is 8.32 Å². The Morgan fingerprint density at radius 2 is 1.43 bits per heavy atom. The maximum absolute atomic E-state index is 6.29. The smallest absolute Gasteiger partial charge is 0.192 e. The molecule has 0 fully saturated rings. The highest BCUT2D eigenvalue weighted by Gasteiger charge is 2.42. The van der Waals surface area contributed by atoms with E-state index in [4.69, 9.17) is 4.43 Å². The molecule has 1 unspecified atom stereocenters. The molecule has 140 valence electrons. The van der Waals surface area contributed by atoms with Gasteiger partial charge < -0.3 is 14.2 Å². The highest BCUT2D eigenvalue weighted by atomic mass is 28.4. The van der Waals surface area contributed by atoms with Gasteiger partial charge >= 0.3 is 0 Å². The quantitative estimate of drug-likeness (QED) is 0.335. The molecule has 0 rings (SSSR count). The first kappa shape index (κ1) is 23.1. The molecule has 0 aromatic carbocycles. The van der Waals surface area contributed by atoms with Gasteiger partial charge in [-0.25, -0.2) is 0 Å². The lowest BCUT2D eigenvalue weighted by Gasteiger charge is -2.43. The number of unbranched alkanes of at least 4 members (excludes halogenated alkanes) is 3. The zero-order chi connectivity index (χ0) is 17.9. The molecule has 23 heavy (non-hydrogen) atoms. The Balaban J connectivity index is 5.16. The predicted molar refractivity (Wildman–Crippen MR) is 107 cm³/mol. The van der Waals surface area contributed by atoms with E-state index in [9.17, 15) is 0 Å². The van der Waals surface area contributed by atoms with E-state index in [1.54, 1.807) is 0 Å². The van der Waals surface area contributed by atoms with Crippen LogP contribution in [0.25, 0.3) is 0 Å². The van der Waals surface area contributed by atoms with Crippen LogP contribution in [0, 0.1) is 5.41 Å². The van der Waals surface area contributed by atoms with Crippen molar-refractivity contribution in [3.8, 4) is 0 Å². The first-order valence-electron chi connectivity index (χ1n) is 9.63. The molecule has 0 aliphatic heterocycles. The third-order valence-corrected chi connectivity index (χ3v) is 10.1. The molecular weight excluding hydrogens is 300 g/mol. The molecule has 0 aliphatic carbocycles. The molecule has 0 saturated carbocycles. The Hall–Kier alpha value is 0.0969. The van der Waals surface area contributed by atoms with Crippen molar-refractivity contribution in [3.05, 3.63) is 0 Å². The summed E-state index contributed by atoms with van der Waals surface area (Å²) < 4.78 is 6.29. The molecule has 0 saturated heterocycles. The summed E-state index contributed by atoms with van der Waals surface area (Å²) in [5.41, 5.74) is 0.357. The van der Waals surface area contributed by atoms with Crippen molar-refractivity contribution < 1.29 is 4.43 Å². The average Bonchev–Trinajstić information content (AvgIpc) is 2.49. The summed E-state index contributed by atoms with van der Waals surface area (Å²) in [6, 6.07) is 3.88. The maximum atomic E-state index is 6.29. The Labute approximate surface area is 147 Å². The van der Waals surface area contributed by atoms with Gasteiger partial charge in [-0.15, -0.1) is 0 Å². The zero-order valence-corrected chi connectivity index (χ0v) is 18.4. The fraction of sp³-hybridized carbons (Fsp3) is 1.00. The van der Waals surface area contributed by atoms with Crippen LogP contribution in [0.4, 0.5) is 0 Å². The average molecular weight is 345 g/mol. The van der Waals surface area contributed by atoms with Crippen LogP contribution in [0.1, 0.15) is 52.9 Å². The van der Waals surface area contributed by atoms with Crippen LogP contribution in [0.3, 0.4) is 0 Å². The third kappa shape index (κ3) is 8.66. The third-order valence-electron chi connectivity index (χ3n) is 5.31. The summed E-state index contributed by atoms with van der Waals surface area (Å²) >= 11 is 0. The molecule has 0 spiro atoms. The maximum Gasteiger partial charge on any atom is 0.192 e. The molecule has 0 amide bonds. The van der Waals surface area contributed by atoms with Gasteiger partial charge in [0.25, 0.3) is 0 Å². The van der Waals surface area contributed by atoms with Crippen LogP contribution in [0.15, 0.2) is 0 Å². The molecule has 1 atom stereocenters. The molecule has 0 N–H and O–H groups in total. The molecule has 4 heteroatoms. The first-order chi connectivity index (χ1) is 10.8. The standard InChI is InChI=1S/C19H44N2OSi/c1-9-12-13-14-15-23(11-3,22-8)18-19(10-2,16-20(4)5)17-21(6)7/h9-18H2,1-8H3. The van der Waals surface area contributed by atoms with E-state index in [2.05, 4.69) is 58.8 Å². The van der Waals surface area contributed by atoms with Crippen LogP contribution in [0.2, 0.25) is 18.1 Å². The van der Waals surface area contributed by atoms with Crippen LogP contribution >= 0.6 is 0 Å². The molecule has 0 aliphatic rings. The van der Waals surface area contributed by atoms with Gasteiger partial charge in [-0.1, -0.05) is 46.5 Å². The second kappa shape index (κ2) is 11.6. The van der Waals surface area contributed by atoms with E-state index in [0.29, 0.717) is 5.41 Å². The molecule has 0 aromatic rings. The van der Waals surface area contributed by atoms with E-state index >= 15 is 0 Å². The van der Waals surface area contributed by atoms with E-state index in [1.165, 1.54) is 50.2 Å². The van der Waals surface area contributed by atoms with Gasteiger partial charge in [0.2, 0.25) is 0 Å². The van der Waals surface area contributed by atoms with Crippen LogP contribution in [-0.2, 0) is 4.43 Å². The monoisotopic (exact) mass is 344 g/mol. The number of hydrogen-bond acceptors (Lipinski definition) is 3. The van der Waals surface area contributed by atoms with Gasteiger partial charge in [-0.3, -0.25) is 0 Å². The van der Waals surface area contributed by atoms with E-state index in [-0.39, 0.29) is 0 Å². The van der Waals surface area contributed by atoms with Gasteiger partial charge in [0.15, 0.2) is 8.32 Å². The summed E-state index contributed by atoms with van der Waals surface area (Å²) in [4.78, 5) is 4.74. The van der Waals surface area contributed by atoms with Crippen molar-refractivity contribution in [3.63, 3.8) is 0 Å². The Bertz CT molecular complexity index is 281. The van der Waals surface area contributed by atoms with Gasteiger partial charge in [-0.05, 0) is 58.2 Å². The lowest BCUT2D eigenvalue weighted by atomic mass is 9.86. The normalized spacial score (nSPS) is 15.4. The van der Waals surface area contributed by atoms with Crippen molar-refractivity contribution in [1.82, 2.24) is 9.80 Å². The van der Waals surface area contributed by atoms with Gasteiger partial charge in [0.1, 0.15) is 0 Å². The second-order valence-electron chi connectivity index (χ2n) is 8.06. The number of hydrogen-bond donors (Lipinski definition) is 0. The minimum absolute atomic E-state index is 0.357. The van der Waals surface area contributed by atoms with E-state index in [0.717, 1.165) is 13.1 Å². The van der Waals surface area contributed by atoms with Crippen LogP contribution in [-0.4, -0.2) is 66.5 Å². The SMILES string of the molecule is CCCCCC[Si](CC)(CC(CC)(CN(C)C)CN(C)C)OC. The number of rotatable bonds is 14. The van der Waals surface area contributed by atoms with Gasteiger partial charge in [-0.2, -0.15) is 0 Å². The largest absolute Gasteiger partial charge is 0.420 e. The molecule has 0 radical (unpaired) electrons. The predicted octanol–water partition coefficient (Wildman–Crippen LogP) is 4.70. The van der Waals surface area contributed by atoms with Crippen molar-refractivity contribution in [2.75, 3.05) is 48.4 Å². The Morgan fingerprint density at radius 3 is 1.78 bits per heavy atom. The summed E-state index contributed by atoms with van der Waals surface area (Å²) in [6.07, 6.45) is 6.64. The Morgan fingerprint density at radius 1 is 0.870 bits per heavy atom. The second-order valence-corrected chi connectivity index (χ2v) is 12.4. The summed E-state index contributed by atoms with van der Waals surface area (Å²) in [7, 11) is 9.20. The topological polar surface area (TPSA) is 15.7 Å².